The predicted octanol–water partition coefficient (Wildman–Crippen LogP) is 10.2. The number of halogens is 1. The van der Waals surface area contributed by atoms with Crippen molar-refractivity contribution in [2.75, 3.05) is 44.6 Å². The van der Waals surface area contributed by atoms with Gasteiger partial charge < -0.3 is 29.0 Å². The lowest BCUT2D eigenvalue weighted by Crippen LogP contribution is -2.50. The fourth-order valence-electron chi connectivity index (χ4n) is 10.5. The van der Waals surface area contributed by atoms with Crippen LogP contribution in [0.5, 0.6) is 17.2 Å². The van der Waals surface area contributed by atoms with Crippen LogP contribution in [0.25, 0.3) is 0 Å². The van der Waals surface area contributed by atoms with E-state index in [1.807, 2.05) is 87.5 Å². The predicted molar refractivity (Wildman–Crippen MR) is 257 cm³/mol. The number of methoxy groups -OCH3 is 2. The number of aliphatic hydroxyl groups excluding tert-OH is 1. The Bertz CT molecular complexity index is 2420. The zero-order valence-corrected chi connectivity index (χ0v) is 40.3. The van der Waals surface area contributed by atoms with Crippen LogP contribution in [-0.4, -0.2) is 75.2 Å². The molecular formula is C53H65ClN2O8S. The molecule has 6 atom stereocenters. The van der Waals surface area contributed by atoms with E-state index in [4.69, 9.17) is 30.5 Å². The minimum absolute atomic E-state index is 0.0191. The average Bonchev–Trinajstić information content (AvgIpc) is 3.40. The van der Waals surface area contributed by atoms with Gasteiger partial charge >= 0.3 is 5.97 Å². The molecule has 1 aliphatic heterocycles. The number of aliphatic hydroxyl groups is 1. The lowest BCUT2D eigenvalue weighted by molar-refractivity contribution is 0.00694. The van der Waals surface area contributed by atoms with E-state index in [2.05, 4.69) is 30.0 Å². The second-order valence-electron chi connectivity index (χ2n) is 19.8. The van der Waals surface area contributed by atoms with Gasteiger partial charge in [0.2, 0.25) is 10.0 Å². The largest absolute Gasteiger partial charge is 0.497 e. The molecule has 65 heavy (non-hydrogen) atoms. The van der Waals surface area contributed by atoms with Gasteiger partial charge in [0.25, 0.3) is 0 Å². The molecule has 1 spiro atoms. The van der Waals surface area contributed by atoms with Crippen molar-refractivity contribution in [1.29, 1.82) is 0 Å². The van der Waals surface area contributed by atoms with Gasteiger partial charge in [0, 0.05) is 36.6 Å². The van der Waals surface area contributed by atoms with Gasteiger partial charge in [0.15, 0.2) is 0 Å². The molecule has 4 aliphatic rings. The van der Waals surface area contributed by atoms with Crippen LogP contribution in [0, 0.1) is 23.7 Å². The van der Waals surface area contributed by atoms with Crippen LogP contribution in [0.4, 0.5) is 5.69 Å². The lowest BCUT2D eigenvalue weighted by Gasteiger charge is -2.47. The van der Waals surface area contributed by atoms with E-state index in [1.54, 1.807) is 24.6 Å². The van der Waals surface area contributed by atoms with E-state index in [-0.39, 0.29) is 53.9 Å². The van der Waals surface area contributed by atoms with Gasteiger partial charge in [-0.25, -0.2) is 13.2 Å². The molecule has 1 heterocycles. The smallest absolute Gasteiger partial charge is 0.338 e. The Balaban J connectivity index is 0.990. The second kappa shape index (κ2) is 19.4. The van der Waals surface area contributed by atoms with Crippen LogP contribution in [0.15, 0.2) is 96.6 Å². The molecule has 0 unspecified atom stereocenters. The first-order valence-electron chi connectivity index (χ1n) is 23.2. The van der Waals surface area contributed by atoms with Crippen molar-refractivity contribution in [2.45, 2.75) is 103 Å². The zero-order chi connectivity index (χ0) is 46.1. The highest BCUT2D eigenvalue weighted by atomic mass is 35.5. The molecule has 1 fully saturated rings. The molecule has 12 heteroatoms. The molecule has 348 valence electrons. The first-order valence-corrected chi connectivity index (χ1v) is 25.2. The molecule has 1 N–H and O–H groups in total. The fourth-order valence-corrected chi connectivity index (χ4v) is 12.6. The molecule has 0 amide bonds. The maximum absolute atomic E-state index is 14.4. The quantitative estimate of drug-likeness (QED) is 0.0867. The summed E-state index contributed by atoms with van der Waals surface area (Å²) in [7, 11) is -0.477. The number of carbonyl (C=O) groups is 1. The highest BCUT2D eigenvalue weighted by molar-refractivity contribution is 7.89. The van der Waals surface area contributed by atoms with E-state index in [0.717, 1.165) is 65.3 Å². The Morgan fingerprint density at radius 2 is 1.62 bits per heavy atom. The summed E-state index contributed by atoms with van der Waals surface area (Å²) in [4.78, 5) is 15.8. The highest BCUT2D eigenvalue weighted by Gasteiger charge is 2.46. The average molecular weight is 926 g/mol. The van der Waals surface area contributed by atoms with Gasteiger partial charge in [0.1, 0.15) is 22.8 Å². The number of hydrogen-bond acceptors (Lipinski definition) is 9. The zero-order valence-electron chi connectivity index (χ0n) is 38.7. The molecule has 0 bridgehead atoms. The van der Waals surface area contributed by atoms with Gasteiger partial charge in [-0.1, -0.05) is 61.4 Å². The van der Waals surface area contributed by atoms with E-state index < -0.39 is 21.7 Å². The molecule has 4 aromatic rings. The van der Waals surface area contributed by atoms with Crippen molar-refractivity contribution in [3.8, 4) is 17.2 Å². The number of carbonyl (C=O) groups excluding carboxylic acids is 1. The minimum atomic E-state index is -3.71. The molecule has 0 saturated heterocycles. The number of fused-ring (bicyclic) bond motifs is 3. The summed E-state index contributed by atoms with van der Waals surface area (Å²) in [6, 6.07) is 26.9. The van der Waals surface area contributed by atoms with E-state index >= 15 is 0 Å². The number of aryl methyl sites for hydroxylation is 1. The number of nitrogens with zero attached hydrogens (tertiary/aromatic N) is 2. The van der Waals surface area contributed by atoms with Gasteiger partial charge in [-0.2, -0.15) is 4.31 Å². The molecule has 4 aromatic carbocycles. The second-order valence-corrected chi connectivity index (χ2v) is 22.2. The first kappa shape index (κ1) is 47.0. The maximum Gasteiger partial charge on any atom is 0.338 e. The van der Waals surface area contributed by atoms with Crippen LogP contribution in [-0.2, 0) is 39.7 Å². The maximum atomic E-state index is 14.4. The number of rotatable bonds is 16. The fraction of sp³-hybridized carbons (Fsp3) is 0.491. The Hall–Kier alpha value is -4.55. The Kier molecular flexibility index (Phi) is 14.0. The summed E-state index contributed by atoms with van der Waals surface area (Å²) >= 11 is 6.51. The number of hydrogen-bond donors (Lipinski definition) is 1. The van der Waals surface area contributed by atoms with Crippen molar-refractivity contribution in [3.63, 3.8) is 0 Å². The third-order valence-electron chi connectivity index (χ3n) is 14.3. The van der Waals surface area contributed by atoms with Crippen LogP contribution in [0.1, 0.15) is 98.8 Å². The van der Waals surface area contributed by atoms with Crippen molar-refractivity contribution >= 4 is 33.3 Å². The van der Waals surface area contributed by atoms with E-state index in [0.29, 0.717) is 49.6 Å². The Morgan fingerprint density at radius 1 is 0.954 bits per heavy atom. The Morgan fingerprint density at radius 3 is 2.20 bits per heavy atom. The van der Waals surface area contributed by atoms with Crippen molar-refractivity contribution in [1.82, 2.24) is 4.31 Å². The number of benzene rings is 4. The summed E-state index contributed by atoms with van der Waals surface area (Å²) in [6.45, 7) is 10.1. The highest BCUT2D eigenvalue weighted by Crippen LogP contribution is 2.49. The molecule has 3 aliphatic carbocycles. The summed E-state index contributed by atoms with van der Waals surface area (Å²) in [5, 5.41) is 12.8. The monoisotopic (exact) mass is 924 g/mol. The van der Waals surface area contributed by atoms with Crippen LogP contribution in [0.2, 0.25) is 5.02 Å². The van der Waals surface area contributed by atoms with Gasteiger partial charge in [-0.05, 0) is 165 Å². The molecule has 1 saturated carbocycles. The summed E-state index contributed by atoms with van der Waals surface area (Å²) < 4.78 is 53.6. The first-order chi connectivity index (χ1) is 31.1. The molecule has 10 nitrogen and oxygen atoms in total. The number of esters is 1. The Labute approximate surface area is 390 Å². The molecule has 0 radical (unpaired) electrons. The minimum Gasteiger partial charge on any atom is -0.497 e. The van der Waals surface area contributed by atoms with Crippen LogP contribution >= 0.6 is 11.6 Å². The normalized spacial score (nSPS) is 22.6. The van der Waals surface area contributed by atoms with Gasteiger partial charge in [0.05, 0.1) is 43.9 Å². The lowest BCUT2D eigenvalue weighted by atomic mass is 9.64. The molecule has 8 rings (SSSR count). The standard InChI is InChI=1S/C53H65ClN2O8S/c1-7-37(32-65(59,60)56(29-35-10-17-44(61-5)18-11-35)30-36-12-19-45(62-6)20-13-36)41-25-42(26-41)50(57)46-21-14-40(46)31-55-33-53(24-8-9-38-27-43(54)16-22-47(38)53)34-63-49-23-15-39(28-48(49)55)51(58)64-52(2,3)4/h10-13,15-20,22-23,25,27-28,37,40-41,46,50,57H,7-9,14,21,24,26,29-34H2,1-6H3/t37-,40+,41-,46-,50+,53+/m1/s1. The number of ether oxygens (including phenoxy) is 4. The van der Waals surface area contributed by atoms with Crippen molar-refractivity contribution in [2.24, 2.45) is 23.7 Å². The topological polar surface area (TPSA) is 115 Å². The van der Waals surface area contributed by atoms with E-state index in [1.165, 1.54) is 11.1 Å². The van der Waals surface area contributed by atoms with Crippen LogP contribution < -0.4 is 19.1 Å². The summed E-state index contributed by atoms with van der Waals surface area (Å²) in [5.41, 5.74) is 5.73. The third kappa shape index (κ3) is 10.5. The summed E-state index contributed by atoms with van der Waals surface area (Å²) in [5.74, 6) is 2.04. The number of sulfonamides is 1. The third-order valence-corrected chi connectivity index (χ3v) is 16.4. The van der Waals surface area contributed by atoms with Gasteiger partial charge in [-0.15, -0.1) is 0 Å². The number of anilines is 1. The number of allylic oxidation sites excluding steroid dienone is 1. The van der Waals surface area contributed by atoms with E-state index in [9.17, 15) is 18.3 Å². The molecule has 0 aromatic heterocycles. The van der Waals surface area contributed by atoms with Gasteiger partial charge in [-0.3, -0.25) is 0 Å². The van der Waals surface area contributed by atoms with Crippen molar-refractivity contribution < 1.29 is 37.3 Å². The van der Waals surface area contributed by atoms with Crippen LogP contribution in [0.3, 0.4) is 0 Å². The SMILES string of the molecule is CC[C@H](CS(=O)(=O)N(Cc1ccc(OC)cc1)Cc1ccc(OC)cc1)[C@@H]1C=C([C@H](O)[C@@H]2CC[C@H]2CN2C[C@@]3(CCCc4cc(Cl)ccc43)COc3ccc(C(=O)OC(C)(C)C)cc32)C1. The molecular weight excluding hydrogens is 860 g/mol. The van der Waals surface area contributed by atoms with Crippen molar-refractivity contribution in [3.05, 3.63) is 129 Å². The summed E-state index contributed by atoms with van der Waals surface area (Å²) in [6.07, 6.45) is 7.77.